The average molecular weight is 321 g/mol. The van der Waals surface area contributed by atoms with Crippen molar-refractivity contribution in [3.8, 4) is 0 Å². The van der Waals surface area contributed by atoms with E-state index in [0.29, 0.717) is 22.6 Å². The zero-order valence-corrected chi connectivity index (χ0v) is 12.1. The lowest BCUT2D eigenvalue weighted by Crippen LogP contribution is -2.27. The van der Waals surface area contributed by atoms with Crippen molar-refractivity contribution >= 4 is 22.7 Å². The van der Waals surface area contributed by atoms with Crippen LogP contribution in [0.15, 0.2) is 23.7 Å². The standard InChI is InChI=1S/C12H14F3N3S2/c13-12(14,15)11-17-7-10(20-11)9(18-16)5-1-3-8-4-2-6-19-8/h2,4,6-7,9,18H,1,3,5,16H2. The first kappa shape index (κ1) is 15.4. The molecule has 0 aromatic carbocycles. The molecular weight excluding hydrogens is 307 g/mol. The van der Waals surface area contributed by atoms with Gasteiger partial charge in [-0.15, -0.1) is 22.7 Å². The number of hydrogen-bond donors (Lipinski definition) is 2. The molecule has 0 fully saturated rings. The van der Waals surface area contributed by atoms with E-state index in [-0.39, 0.29) is 6.04 Å². The molecule has 0 saturated carbocycles. The minimum Gasteiger partial charge on any atom is -0.271 e. The van der Waals surface area contributed by atoms with Crippen LogP contribution in [-0.2, 0) is 12.6 Å². The van der Waals surface area contributed by atoms with Gasteiger partial charge in [0.25, 0.3) is 0 Å². The van der Waals surface area contributed by atoms with Crippen LogP contribution in [0.3, 0.4) is 0 Å². The van der Waals surface area contributed by atoms with Crippen molar-refractivity contribution in [2.24, 2.45) is 5.84 Å². The maximum atomic E-state index is 12.5. The van der Waals surface area contributed by atoms with E-state index in [9.17, 15) is 13.2 Å². The van der Waals surface area contributed by atoms with Crippen LogP contribution in [0.4, 0.5) is 13.2 Å². The van der Waals surface area contributed by atoms with Gasteiger partial charge in [-0.05, 0) is 30.7 Å². The van der Waals surface area contributed by atoms with E-state index >= 15 is 0 Å². The molecule has 0 aliphatic rings. The highest BCUT2D eigenvalue weighted by atomic mass is 32.1. The Hall–Kier alpha value is -0.960. The van der Waals surface area contributed by atoms with E-state index in [1.807, 2.05) is 17.5 Å². The summed E-state index contributed by atoms with van der Waals surface area (Å²) in [6.07, 6.45) is -0.703. The number of thiophene rings is 1. The predicted octanol–water partition coefficient (Wildman–Crippen LogP) is 3.75. The molecule has 2 rings (SSSR count). The summed E-state index contributed by atoms with van der Waals surface area (Å²) < 4.78 is 37.5. The summed E-state index contributed by atoms with van der Waals surface area (Å²) in [4.78, 5) is 5.20. The smallest absolute Gasteiger partial charge is 0.271 e. The van der Waals surface area contributed by atoms with Crippen LogP contribution in [-0.4, -0.2) is 4.98 Å². The third-order valence-electron chi connectivity index (χ3n) is 2.81. The summed E-state index contributed by atoms with van der Waals surface area (Å²) in [5.41, 5.74) is 2.57. The predicted molar refractivity (Wildman–Crippen MR) is 74.4 cm³/mol. The molecular formula is C12H14F3N3S2. The van der Waals surface area contributed by atoms with E-state index in [0.717, 1.165) is 12.8 Å². The number of hydrogen-bond acceptors (Lipinski definition) is 5. The van der Waals surface area contributed by atoms with Crippen molar-refractivity contribution in [3.05, 3.63) is 38.5 Å². The van der Waals surface area contributed by atoms with Gasteiger partial charge in [-0.1, -0.05) is 6.07 Å². The van der Waals surface area contributed by atoms with Crippen molar-refractivity contribution in [2.45, 2.75) is 31.5 Å². The molecule has 20 heavy (non-hydrogen) atoms. The number of rotatable bonds is 6. The molecule has 1 unspecified atom stereocenters. The van der Waals surface area contributed by atoms with Gasteiger partial charge in [-0.25, -0.2) is 4.98 Å². The van der Waals surface area contributed by atoms with Gasteiger partial charge in [-0.2, -0.15) is 13.2 Å². The average Bonchev–Trinajstić information content (AvgIpc) is 3.04. The van der Waals surface area contributed by atoms with Crippen molar-refractivity contribution in [1.29, 1.82) is 0 Å². The minimum atomic E-state index is -4.39. The molecule has 110 valence electrons. The molecule has 0 bridgehead atoms. The molecule has 3 N–H and O–H groups in total. The number of nitrogens with two attached hydrogens (primary N) is 1. The second kappa shape index (κ2) is 6.66. The fraction of sp³-hybridized carbons (Fsp3) is 0.417. The molecule has 0 aliphatic carbocycles. The van der Waals surface area contributed by atoms with Crippen LogP contribution < -0.4 is 11.3 Å². The number of alkyl halides is 3. The van der Waals surface area contributed by atoms with E-state index < -0.39 is 11.2 Å². The monoisotopic (exact) mass is 321 g/mol. The summed E-state index contributed by atoms with van der Waals surface area (Å²) >= 11 is 2.32. The third-order valence-corrected chi connectivity index (χ3v) is 4.90. The number of aryl methyl sites for hydroxylation is 1. The Bertz CT molecular complexity index is 522. The third kappa shape index (κ3) is 4.02. The molecule has 0 amide bonds. The maximum Gasteiger partial charge on any atom is 0.443 e. The highest BCUT2D eigenvalue weighted by Crippen LogP contribution is 2.35. The Kier molecular flexibility index (Phi) is 5.14. The maximum absolute atomic E-state index is 12.5. The first-order valence-electron chi connectivity index (χ1n) is 6.02. The van der Waals surface area contributed by atoms with E-state index in [2.05, 4.69) is 10.4 Å². The molecule has 8 heteroatoms. The molecule has 0 radical (unpaired) electrons. The topological polar surface area (TPSA) is 50.9 Å². The van der Waals surface area contributed by atoms with Crippen molar-refractivity contribution in [1.82, 2.24) is 10.4 Å². The largest absolute Gasteiger partial charge is 0.443 e. The van der Waals surface area contributed by atoms with Crippen LogP contribution >= 0.6 is 22.7 Å². The number of aromatic nitrogens is 1. The quantitative estimate of drug-likeness (QED) is 0.629. The second-order valence-electron chi connectivity index (χ2n) is 4.26. The highest BCUT2D eigenvalue weighted by molar-refractivity contribution is 7.11. The summed E-state index contributed by atoms with van der Waals surface area (Å²) in [6.45, 7) is 0. The summed E-state index contributed by atoms with van der Waals surface area (Å²) in [6, 6.07) is 3.74. The van der Waals surface area contributed by atoms with Gasteiger partial charge in [0.05, 0.1) is 6.04 Å². The molecule has 0 saturated heterocycles. The number of halogens is 3. The molecule has 2 aromatic heterocycles. The number of hydrazine groups is 1. The first-order chi connectivity index (χ1) is 9.50. The molecule has 0 aliphatic heterocycles. The van der Waals surface area contributed by atoms with Gasteiger partial charge in [0.15, 0.2) is 5.01 Å². The lowest BCUT2D eigenvalue weighted by atomic mass is 10.1. The number of nitrogens with one attached hydrogen (secondary N) is 1. The lowest BCUT2D eigenvalue weighted by molar-refractivity contribution is -0.137. The van der Waals surface area contributed by atoms with Gasteiger partial charge in [0, 0.05) is 16.0 Å². The van der Waals surface area contributed by atoms with Crippen molar-refractivity contribution < 1.29 is 13.2 Å². The van der Waals surface area contributed by atoms with Crippen molar-refractivity contribution in [3.63, 3.8) is 0 Å². The molecule has 2 aromatic rings. The summed E-state index contributed by atoms with van der Waals surface area (Å²) in [5, 5.41) is 1.18. The lowest BCUT2D eigenvalue weighted by Gasteiger charge is -2.13. The van der Waals surface area contributed by atoms with Crippen LogP contribution in [0.25, 0.3) is 0 Å². The fourth-order valence-corrected chi connectivity index (χ4v) is 3.45. The van der Waals surface area contributed by atoms with Gasteiger partial charge < -0.3 is 0 Å². The SMILES string of the molecule is NNC(CCCc1cccs1)c1cnc(C(F)(F)F)s1. The summed E-state index contributed by atoms with van der Waals surface area (Å²) in [7, 11) is 0. The Morgan fingerprint density at radius 1 is 1.40 bits per heavy atom. The van der Waals surface area contributed by atoms with Crippen LogP contribution in [0, 0.1) is 0 Å². The number of thiazole rings is 1. The van der Waals surface area contributed by atoms with E-state index in [4.69, 9.17) is 5.84 Å². The van der Waals surface area contributed by atoms with Gasteiger partial charge in [0.2, 0.25) is 0 Å². The highest BCUT2D eigenvalue weighted by Gasteiger charge is 2.35. The van der Waals surface area contributed by atoms with Crippen LogP contribution in [0.2, 0.25) is 0 Å². The number of nitrogens with zero attached hydrogens (tertiary/aromatic N) is 1. The molecule has 0 spiro atoms. The zero-order chi connectivity index (χ0) is 14.6. The first-order valence-corrected chi connectivity index (χ1v) is 7.71. The molecule has 2 heterocycles. The molecule has 1 atom stereocenters. The van der Waals surface area contributed by atoms with Gasteiger partial charge in [-0.3, -0.25) is 11.3 Å². The van der Waals surface area contributed by atoms with Gasteiger partial charge >= 0.3 is 6.18 Å². The minimum absolute atomic E-state index is 0.288. The Balaban J connectivity index is 1.92. The Morgan fingerprint density at radius 3 is 2.75 bits per heavy atom. The van der Waals surface area contributed by atoms with E-state index in [1.54, 1.807) is 11.3 Å². The second-order valence-corrected chi connectivity index (χ2v) is 6.35. The fourth-order valence-electron chi connectivity index (χ4n) is 1.82. The summed E-state index contributed by atoms with van der Waals surface area (Å²) in [5.74, 6) is 5.43. The zero-order valence-electron chi connectivity index (χ0n) is 10.5. The molecule has 3 nitrogen and oxygen atoms in total. The normalized spacial score (nSPS) is 13.6. The Labute approximate surface area is 122 Å². The van der Waals surface area contributed by atoms with Crippen molar-refractivity contribution in [2.75, 3.05) is 0 Å². The van der Waals surface area contributed by atoms with E-state index in [1.165, 1.54) is 11.1 Å². The van der Waals surface area contributed by atoms with Crippen LogP contribution in [0.1, 0.15) is 33.6 Å². The Morgan fingerprint density at radius 2 is 2.20 bits per heavy atom. The van der Waals surface area contributed by atoms with Gasteiger partial charge in [0.1, 0.15) is 0 Å². The van der Waals surface area contributed by atoms with Crippen LogP contribution in [0.5, 0.6) is 0 Å².